The number of rotatable bonds is 7. The third-order valence-electron chi connectivity index (χ3n) is 2.45. The van der Waals surface area contributed by atoms with Crippen LogP contribution in [-0.4, -0.2) is 51.1 Å². The van der Waals surface area contributed by atoms with Crippen molar-refractivity contribution < 1.29 is 4.74 Å². The van der Waals surface area contributed by atoms with Crippen LogP contribution in [0, 0.1) is 5.92 Å². The van der Waals surface area contributed by atoms with Gasteiger partial charge in [-0.15, -0.1) is 0 Å². The summed E-state index contributed by atoms with van der Waals surface area (Å²) in [6.45, 7) is 3.49. The highest BCUT2D eigenvalue weighted by atomic mass is 16.5. The van der Waals surface area contributed by atoms with Crippen molar-refractivity contribution in [1.82, 2.24) is 4.90 Å². The molecule has 0 aromatic carbocycles. The third kappa shape index (κ3) is 4.58. The SMILES string of the molecule is COCCN(C)CCN=C(N)C1CC1. The van der Waals surface area contributed by atoms with E-state index in [1.165, 1.54) is 12.8 Å². The Bertz CT molecular complexity index is 190. The average Bonchev–Trinajstić information content (AvgIpc) is 2.97. The Kier molecular flexibility index (Phi) is 4.90. The summed E-state index contributed by atoms with van der Waals surface area (Å²) in [6, 6.07) is 0. The summed E-state index contributed by atoms with van der Waals surface area (Å²) in [6.07, 6.45) is 2.46. The summed E-state index contributed by atoms with van der Waals surface area (Å²) in [4.78, 5) is 6.55. The summed E-state index contributed by atoms with van der Waals surface area (Å²) in [7, 11) is 3.79. The van der Waals surface area contributed by atoms with Gasteiger partial charge in [0.1, 0.15) is 0 Å². The summed E-state index contributed by atoms with van der Waals surface area (Å²) in [5.41, 5.74) is 5.77. The first-order chi connectivity index (χ1) is 6.74. The Hall–Kier alpha value is -0.610. The van der Waals surface area contributed by atoms with Gasteiger partial charge in [-0.25, -0.2) is 0 Å². The Morgan fingerprint density at radius 3 is 2.79 bits per heavy atom. The lowest BCUT2D eigenvalue weighted by atomic mass is 10.4. The van der Waals surface area contributed by atoms with Crippen LogP contribution in [0.4, 0.5) is 0 Å². The second-order valence-corrected chi connectivity index (χ2v) is 3.88. The van der Waals surface area contributed by atoms with Crippen LogP contribution in [0.15, 0.2) is 4.99 Å². The number of likely N-dealkylation sites (N-methyl/N-ethyl adjacent to an activating group) is 1. The van der Waals surface area contributed by atoms with Crippen LogP contribution in [0.25, 0.3) is 0 Å². The standard InChI is InChI=1S/C10H21N3O/c1-13(7-8-14-2)6-5-12-10(11)9-3-4-9/h9H,3-8H2,1-2H3,(H2,11,12). The van der Waals surface area contributed by atoms with Gasteiger partial charge in [0, 0.05) is 26.1 Å². The van der Waals surface area contributed by atoms with Crippen LogP contribution in [-0.2, 0) is 4.74 Å². The molecule has 0 unspecified atom stereocenters. The lowest BCUT2D eigenvalue weighted by molar-refractivity contribution is 0.163. The van der Waals surface area contributed by atoms with Gasteiger partial charge >= 0.3 is 0 Å². The van der Waals surface area contributed by atoms with E-state index in [1.54, 1.807) is 7.11 Å². The molecule has 1 fully saturated rings. The number of aliphatic imine (C=N–C) groups is 1. The van der Waals surface area contributed by atoms with Gasteiger partial charge in [0.2, 0.25) is 0 Å². The second kappa shape index (κ2) is 5.98. The number of amidine groups is 1. The summed E-state index contributed by atoms with van der Waals surface area (Å²) in [5, 5.41) is 0. The zero-order valence-corrected chi connectivity index (χ0v) is 9.20. The fourth-order valence-electron chi connectivity index (χ4n) is 1.22. The minimum Gasteiger partial charge on any atom is -0.387 e. The molecule has 0 radical (unpaired) electrons. The highest BCUT2D eigenvalue weighted by Crippen LogP contribution is 2.28. The smallest absolute Gasteiger partial charge is 0.0968 e. The maximum atomic E-state index is 5.77. The average molecular weight is 199 g/mol. The van der Waals surface area contributed by atoms with Gasteiger partial charge in [0.05, 0.1) is 19.0 Å². The molecule has 0 bridgehead atoms. The minimum atomic E-state index is 0.597. The van der Waals surface area contributed by atoms with Gasteiger partial charge in [-0.3, -0.25) is 4.99 Å². The maximum absolute atomic E-state index is 5.77. The van der Waals surface area contributed by atoms with Gasteiger partial charge in [0.25, 0.3) is 0 Å². The summed E-state index contributed by atoms with van der Waals surface area (Å²) in [5.74, 6) is 1.45. The monoisotopic (exact) mass is 199 g/mol. The molecular formula is C10H21N3O. The lowest BCUT2D eigenvalue weighted by Crippen LogP contribution is -2.26. The zero-order chi connectivity index (χ0) is 10.4. The molecule has 82 valence electrons. The lowest BCUT2D eigenvalue weighted by Gasteiger charge is -2.14. The van der Waals surface area contributed by atoms with Gasteiger partial charge in [-0.2, -0.15) is 0 Å². The van der Waals surface area contributed by atoms with Crippen molar-refractivity contribution in [2.24, 2.45) is 16.6 Å². The normalized spacial score (nSPS) is 17.8. The van der Waals surface area contributed by atoms with E-state index in [9.17, 15) is 0 Å². The van der Waals surface area contributed by atoms with E-state index in [0.29, 0.717) is 5.92 Å². The number of methoxy groups -OCH3 is 1. The van der Waals surface area contributed by atoms with Crippen molar-refractivity contribution in [3.8, 4) is 0 Å². The summed E-state index contributed by atoms with van der Waals surface area (Å²) < 4.78 is 4.99. The molecule has 0 heterocycles. The molecule has 1 rings (SSSR count). The van der Waals surface area contributed by atoms with Gasteiger partial charge in [0.15, 0.2) is 0 Å². The van der Waals surface area contributed by atoms with E-state index in [0.717, 1.165) is 32.1 Å². The molecule has 4 heteroatoms. The van der Waals surface area contributed by atoms with Crippen molar-refractivity contribution in [2.75, 3.05) is 40.4 Å². The predicted octanol–water partition coefficient (Wildman–Crippen LogP) is 0.332. The molecular weight excluding hydrogens is 178 g/mol. The second-order valence-electron chi connectivity index (χ2n) is 3.88. The fourth-order valence-corrected chi connectivity index (χ4v) is 1.22. The van der Waals surface area contributed by atoms with E-state index in [4.69, 9.17) is 10.5 Å². The molecule has 1 saturated carbocycles. The van der Waals surface area contributed by atoms with Crippen molar-refractivity contribution in [2.45, 2.75) is 12.8 Å². The largest absolute Gasteiger partial charge is 0.387 e. The highest BCUT2D eigenvalue weighted by molar-refractivity contribution is 5.84. The molecule has 0 aromatic heterocycles. The molecule has 0 aliphatic heterocycles. The molecule has 4 nitrogen and oxygen atoms in total. The molecule has 2 N–H and O–H groups in total. The van der Waals surface area contributed by atoms with Gasteiger partial charge in [-0.05, 0) is 19.9 Å². The van der Waals surface area contributed by atoms with Crippen molar-refractivity contribution in [3.63, 3.8) is 0 Å². The van der Waals surface area contributed by atoms with Crippen LogP contribution in [0.5, 0.6) is 0 Å². The van der Waals surface area contributed by atoms with Crippen LogP contribution in [0.1, 0.15) is 12.8 Å². The molecule has 0 amide bonds. The van der Waals surface area contributed by atoms with E-state index in [1.807, 2.05) is 0 Å². The number of hydrogen-bond donors (Lipinski definition) is 1. The van der Waals surface area contributed by atoms with Crippen LogP contribution < -0.4 is 5.73 Å². The van der Waals surface area contributed by atoms with Crippen LogP contribution >= 0.6 is 0 Å². The van der Waals surface area contributed by atoms with E-state index < -0.39 is 0 Å². The van der Waals surface area contributed by atoms with Gasteiger partial charge < -0.3 is 15.4 Å². The highest BCUT2D eigenvalue weighted by Gasteiger charge is 2.24. The topological polar surface area (TPSA) is 50.8 Å². The number of nitrogens with two attached hydrogens (primary N) is 1. The van der Waals surface area contributed by atoms with E-state index in [-0.39, 0.29) is 0 Å². The number of nitrogens with zero attached hydrogens (tertiary/aromatic N) is 2. The summed E-state index contributed by atoms with van der Waals surface area (Å²) >= 11 is 0. The predicted molar refractivity (Wildman–Crippen MR) is 58.6 cm³/mol. The molecule has 14 heavy (non-hydrogen) atoms. The minimum absolute atomic E-state index is 0.597. The first-order valence-electron chi connectivity index (χ1n) is 5.21. The van der Waals surface area contributed by atoms with Crippen molar-refractivity contribution >= 4 is 5.84 Å². The van der Waals surface area contributed by atoms with Crippen LogP contribution in [0.3, 0.4) is 0 Å². The first-order valence-corrected chi connectivity index (χ1v) is 5.21. The molecule has 0 spiro atoms. The Morgan fingerprint density at radius 1 is 1.50 bits per heavy atom. The number of ether oxygens (including phenoxy) is 1. The van der Waals surface area contributed by atoms with E-state index >= 15 is 0 Å². The quantitative estimate of drug-likeness (QED) is 0.475. The maximum Gasteiger partial charge on any atom is 0.0968 e. The first kappa shape index (κ1) is 11.5. The number of hydrogen-bond acceptors (Lipinski definition) is 3. The molecule has 0 atom stereocenters. The molecule has 1 aliphatic rings. The van der Waals surface area contributed by atoms with Crippen molar-refractivity contribution in [1.29, 1.82) is 0 Å². The molecule has 0 aromatic rings. The van der Waals surface area contributed by atoms with E-state index in [2.05, 4.69) is 16.9 Å². The fraction of sp³-hybridized carbons (Fsp3) is 0.900. The van der Waals surface area contributed by atoms with Gasteiger partial charge in [-0.1, -0.05) is 0 Å². The third-order valence-corrected chi connectivity index (χ3v) is 2.45. The molecule has 1 aliphatic carbocycles. The Morgan fingerprint density at radius 2 is 2.21 bits per heavy atom. The Balaban J connectivity index is 2.04. The molecule has 0 saturated heterocycles. The zero-order valence-electron chi connectivity index (χ0n) is 9.20. The Labute approximate surface area is 86.1 Å². The van der Waals surface area contributed by atoms with Crippen molar-refractivity contribution in [3.05, 3.63) is 0 Å². The van der Waals surface area contributed by atoms with Crippen LogP contribution in [0.2, 0.25) is 0 Å².